The summed E-state index contributed by atoms with van der Waals surface area (Å²) < 4.78 is 6.05. The maximum atomic E-state index is 9.96. The van der Waals surface area contributed by atoms with Gasteiger partial charge in [-0.3, -0.25) is 0 Å². The molecule has 0 spiro atoms. The number of hydrogen-bond donors (Lipinski definition) is 2. The molecule has 0 aromatic rings. The summed E-state index contributed by atoms with van der Waals surface area (Å²) in [4.78, 5) is 0. The van der Waals surface area contributed by atoms with Crippen LogP contribution in [0.15, 0.2) is 0 Å². The molecule has 19 heavy (non-hydrogen) atoms. The number of ether oxygens (including phenoxy) is 1. The highest BCUT2D eigenvalue weighted by Gasteiger charge is 2.31. The Labute approximate surface area is 119 Å². The first kappa shape index (κ1) is 16.9. The van der Waals surface area contributed by atoms with Gasteiger partial charge in [0.05, 0.1) is 18.8 Å². The highest BCUT2D eigenvalue weighted by molar-refractivity contribution is 4.81. The van der Waals surface area contributed by atoms with Crippen LogP contribution in [-0.4, -0.2) is 36.5 Å². The largest absolute Gasteiger partial charge is 0.385 e. The fourth-order valence-corrected chi connectivity index (χ4v) is 3.04. The van der Waals surface area contributed by atoms with Crippen LogP contribution in [0.3, 0.4) is 0 Å². The van der Waals surface area contributed by atoms with Crippen LogP contribution >= 0.6 is 0 Å². The predicted molar refractivity (Wildman–Crippen MR) is 79.0 cm³/mol. The highest BCUT2D eigenvalue weighted by Crippen LogP contribution is 2.35. The van der Waals surface area contributed by atoms with Crippen molar-refractivity contribution in [2.75, 3.05) is 13.2 Å². The Morgan fingerprint density at radius 3 is 2.47 bits per heavy atom. The van der Waals surface area contributed by atoms with Crippen molar-refractivity contribution >= 4 is 0 Å². The van der Waals surface area contributed by atoms with Crippen LogP contribution in [0.5, 0.6) is 0 Å². The molecule has 4 atom stereocenters. The monoisotopic (exact) mass is 272 g/mol. The van der Waals surface area contributed by atoms with Crippen LogP contribution in [0.25, 0.3) is 0 Å². The van der Waals surface area contributed by atoms with Crippen LogP contribution in [0, 0.1) is 17.8 Å². The topological polar surface area (TPSA) is 46.1 Å². The van der Waals surface area contributed by atoms with E-state index in [1.165, 1.54) is 12.8 Å². The maximum absolute atomic E-state index is 9.96. The zero-order valence-electron chi connectivity index (χ0n) is 13.4. The second-order valence-electron chi connectivity index (χ2n) is 7.07. The van der Waals surface area contributed by atoms with E-state index in [4.69, 9.17) is 4.74 Å². The molecule has 3 nitrogen and oxygen atoms in total. The molecule has 3 N–H and O–H groups in total. The minimum Gasteiger partial charge on any atom is -0.385 e. The van der Waals surface area contributed by atoms with Gasteiger partial charge in [-0.2, -0.15) is 0 Å². The Morgan fingerprint density at radius 2 is 1.89 bits per heavy atom. The van der Waals surface area contributed by atoms with Crippen LogP contribution in [-0.2, 0) is 4.74 Å². The van der Waals surface area contributed by atoms with Crippen molar-refractivity contribution in [3.05, 3.63) is 0 Å². The predicted octanol–water partition coefficient (Wildman–Crippen LogP) is 1.80. The summed E-state index contributed by atoms with van der Waals surface area (Å²) in [6, 6.07) is 0.535. The van der Waals surface area contributed by atoms with Gasteiger partial charge in [0.15, 0.2) is 0 Å². The molecular formula is C16H34NO2+. The SMILES string of the molecule is CC(C)[NH2+]C[C@@H](O)CO[C@@H]1C[C@@H](C)CC[C@H]1C(C)C. The van der Waals surface area contributed by atoms with Crippen molar-refractivity contribution in [2.45, 2.75) is 72.1 Å². The Hall–Kier alpha value is -0.120. The lowest BCUT2D eigenvalue weighted by atomic mass is 9.75. The van der Waals surface area contributed by atoms with Crippen molar-refractivity contribution in [1.82, 2.24) is 0 Å². The molecule has 1 fully saturated rings. The van der Waals surface area contributed by atoms with Gasteiger partial charge in [0.2, 0.25) is 0 Å². The lowest BCUT2D eigenvalue weighted by molar-refractivity contribution is -0.688. The van der Waals surface area contributed by atoms with E-state index in [1.54, 1.807) is 0 Å². The van der Waals surface area contributed by atoms with Gasteiger partial charge < -0.3 is 15.2 Å². The van der Waals surface area contributed by atoms with Gasteiger partial charge in [0.1, 0.15) is 12.6 Å². The molecule has 0 aliphatic heterocycles. The Kier molecular flexibility index (Phi) is 7.33. The summed E-state index contributed by atoms with van der Waals surface area (Å²) in [6.45, 7) is 12.4. The average Bonchev–Trinajstić information content (AvgIpc) is 2.33. The number of hydrogen-bond acceptors (Lipinski definition) is 2. The minimum atomic E-state index is -0.340. The summed E-state index contributed by atoms with van der Waals surface area (Å²) in [5, 5.41) is 12.1. The molecule has 1 aliphatic carbocycles. The van der Waals surface area contributed by atoms with Gasteiger partial charge in [-0.05, 0) is 44.4 Å². The van der Waals surface area contributed by atoms with E-state index in [9.17, 15) is 5.11 Å². The third-order valence-corrected chi connectivity index (χ3v) is 4.34. The molecule has 0 aromatic carbocycles. The van der Waals surface area contributed by atoms with Crippen LogP contribution in [0.2, 0.25) is 0 Å². The van der Waals surface area contributed by atoms with Crippen molar-refractivity contribution in [1.29, 1.82) is 0 Å². The van der Waals surface area contributed by atoms with Crippen LogP contribution in [0.1, 0.15) is 53.9 Å². The highest BCUT2D eigenvalue weighted by atomic mass is 16.5. The second kappa shape index (κ2) is 8.23. The zero-order valence-corrected chi connectivity index (χ0v) is 13.4. The molecule has 0 unspecified atom stereocenters. The Bertz CT molecular complexity index is 243. The molecule has 0 amide bonds. The quantitative estimate of drug-likeness (QED) is 0.742. The third-order valence-electron chi connectivity index (χ3n) is 4.34. The summed E-state index contributed by atoms with van der Waals surface area (Å²) in [5.41, 5.74) is 0. The summed E-state index contributed by atoms with van der Waals surface area (Å²) in [6.07, 6.45) is 3.76. The van der Waals surface area contributed by atoms with Crippen molar-refractivity contribution < 1.29 is 15.2 Å². The van der Waals surface area contributed by atoms with Gasteiger partial charge >= 0.3 is 0 Å². The first-order valence-corrected chi connectivity index (χ1v) is 8.03. The number of quaternary nitrogens is 1. The fraction of sp³-hybridized carbons (Fsp3) is 1.00. The normalized spacial score (nSPS) is 30.0. The van der Waals surface area contributed by atoms with Gasteiger partial charge in [-0.25, -0.2) is 0 Å². The van der Waals surface area contributed by atoms with Crippen LogP contribution < -0.4 is 5.32 Å². The zero-order chi connectivity index (χ0) is 14.4. The number of rotatable bonds is 7. The second-order valence-corrected chi connectivity index (χ2v) is 7.07. The van der Waals surface area contributed by atoms with E-state index < -0.39 is 0 Å². The number of nitrogens with two attached hydrogens (primary N) is 1. The van der Waals surface area contributed by atoms with E-state index in [2.05, 4.69) is 39.9 Å². The maximum Gasteiger partial charge on any atom is 0.126 e. The molecule has 0 radical (unpaired) electrons. The van der Waals surface area contributed by atoms with Crippen molar-refractivity contribution in [3.63, 3.8) is 0 Å². The molecule has 1 saturated carbocycles. The lowest BCUT2D eigenvalue weighted by Crippen LogP contribution is -2.90. The fourth-order valence-electron chi connectivity index (χ4n) is 3.04. The molecule has 0 aromatic heterocycles. The smallest absolute Gasteiger partial charge is 0.126 e. The molecule has 0 saturated heterocycles. The molecule has 0 bridgehead atoms. The van der Waals surface area contributed by atoms with E-state index >= 15 is 0 Å². The van der Waals surface area contributed by atoms with E-state index in [0.29, 0.717) is 30.6 Å². The number of aliphatic hydroxyl groups excluding tert-OH is 1. The van der Waals surface area contributed by atoms with E-state index in [1.807, 2.05) is 0 Å². The van der Waals surface area contributed by atoms with E-state index in [0.717, 1.165) is 18.9 Å². The summed E-state index contributed by atoms with van der Waals surface area (Å²) in [5.74, 6) is 2.11. The Balaban J connectivity index is 2.35. The minimum absolute atomic E-state index is 0.340. The molecule has 3 heteroatoms. The summed E-state index contributed by atoms with van der Waals surface area (Å²) in [7, 11) is 0. The molecule has 114 valence electrons. The van der Waals surface area contributed by atoms with Gasteiger partial charge in [0, 0.05) is 0 Å². The standard InChI is InChI=1S/C16H33NO2/c1-11(2)15-7-6-13(5)8-16(15)19-10-14(18)9-17-12(3)4/h11-18H,6-10H2,1-5H3/p+1/t13-,14+,15-,16+/m0/s1. The van der Waals surface area contributed by atoms with Crippen molar-refractivity contribution in [2.24, 2.45) is 17.8 Å². The molecule has 0 heterocycles. The number of aliphatic hydroxyl groups is 1. The Morgan fingerprint density at radius 1 is 1.21 bits per heavy atom. The van der Waals surface area contributed by atoms with Crippen molar-refractivity contribution in [3.8, 4) is 0 Å². The first-order chi connectivity index (χ1) is 8.90. The van der Waals surface area contributed by atoms with Gasteiger partial charge in [0.25, 0.3) is 0 Å². The molecular weight excluding hydrogens is 238 g/mol. The first-order valence-electron chi connectivity index (χ1n) is 8.03. The lowest BCUT2D eigenvalue weighted by Gasteiger charge is -2.37. The molecule has 1 aliphatic rings. The van der Waals surface area contributed by atoms with Gasteiger partial charge in [-0.15, -0.1) is 0 Å². The summed E-state index contributed by atoms with van der Waals surface area (Å²) >= 11 is 0. The third kappa shape index (κ3) is 6.24. The average molecular weight is 272 g/mol. The molecule has 1 rings (SSSR count). The van der Waals surface area contributed by atoms with E-state index in [-0.39, 0.29) is 6.10 Å². The van der Waals surface area contributed by atoms with Gasteiger partial charge in [-0.1, -0.05) is 27.2 Å². The van der Waals surface area contributed by atoms with Crippen LogP contribution in [0.4, 0.5) is 0 Å².